The molecule has 1 aliphatic rings. The molecule has 214 valence electrons. The number of carbonyl (C=O) groups excluding carboxylic acids is 2. The van der Waals surface area contributed by atoms with E-state index in [1.165, 1.54) is 12.1 Å². The molecule has 1 atom stereocenters. The molecule has 4 rings (SSSR count). The molecule has 0 aliphatic carbocycles. The minimum absolute atomic E-state index is 0.120. The molecule has 1 saturated heterocycles. The lowest BCUT2D eigenvalue weighted by Crippen LogP contribution is -2.50. The predicted molar refractivity (Wildman–Crippen MR) is 149 cm³/mol. The highest BCUT2D eigenvalue weighted by atomic mass is 35.5. The number of alkyl halides is 3. The number of piperidine rings is 1. The smallest absolute Gasteiger partial charge is 0.366 e. The topological polar surface area (TPSA) is 70.5 Å². The van der Waals surface area contributed by atoms with E-state index in [4.69, 9.17) is 11.6 Å². The van der Waals surface area contributed by atoms with E-state index in [-0.39, 0.29) is 24.3 Å². The lowest BCUT2D eigenvalue weighted by atomic mass is 10.0. The second kappa shape index (κ2) is 12.8. The SMILES string of the molecule is CC(C)CN(Cc1ccc(C(F)(F)F)cc1)c1ccc(NC(=O)[C@H]2CCCCN2C(=O)Cn2ccnc2)cc1Cl. The van der Waals surface area contributed by atoms with Crippen LogP contribution in [0, 0.1) is 5.92 Å². The Morgan fingerprint density at radius 3 is 2.52 bits per heavy atom. The Morgan fingerprint density at radius 1 is 1.15 bits per heavy atom. The highest BCUT2D eigenvalue weighted by Crippen LogP contribution is 2.33. The van der Waals surface area contributed by atoms with Crippen LogP contribution in [0.1, 0.15) is 44.2 Å². The third kappa shape index (κ3) is 7.56. The minimum Gasteiger partial charge on any atom is -0.366 e. The summed E-state index contributed by atoms with van der Waals surface area (Å²) < 4.78 is 40.6. The molecule has 2 heterocycles. The fourth-order valence-electron chi connectivity index (χ4n) is 4.90. The molecule has 1 aliphatic heterocycles. The van der Waals surface area contributed by atoms with Crippen LogP contribution in [0.4, 0.5) is 24.5 Å². The van der Waals surface area contributed by atoms with Gasteiger partial charge in [0.05, 0.1) is 22.6 Å². The van der Waals surface area contributed by atoms with Gasteiger partial charge in [-0.1, -0.05) is 37.6 Å². The Bertz CT molecular complexity index is 1300. The van der Waals surface area contributed by atoms with E-state index in [1.54, 1.807) is 46.4 Å². The number of likely N-dealkylation sites (tertiary alicyclic amines) is 1. The highest BCUT2D eigenvalue weighted by Gasteiger charge is 2.32. The summed E-state index contributed by atoms with van der Waals surface area (Å²) in [5.41, 5.74) is 1.25. The summed E-state index contributed by atoms with van der Waals surface area (Å²) in [6.07, 6.45) is 2.75. The molecule has 0 radical (unpaired) electrons. The first kappa shape index (κ1) is 29.5. The molecule has 1 N–H and O–H groups in total. The minimum atomic E-state index is -4.39. The molecular formula is C29H33ClF3N5O2. The summed E-state index contributed by atoms with van der Waals surface area (Å²) >= 11 is 6.67. The fraction of sp³-hybridized carbons (Fsp3) is 0.414. The number of nitrogens with one attached hydrogen (secondary N) is 1. The maximum Gasteiger partial charge on any atom is 0.416 e. The van der Waals surface area contributed by atoms with Gasteiger partial charge >= 0.3 is 6.18 Å². The Morgan fingerprint density at radius 2 is 1.90 bits per heavy atom. The number of aromatic nitrogens is 2. The molecule has 3 aromatic rings. The molecule has 1 aromatic heterocycles. The number of carbonyl (C=O) groups is 2. The van der Waals surface area contributed by atoms with E-state index in [9.17, 15) is 22.8 Å². The number of nitrogens with zero attached hydrogens (tertiary/aromatic N) is 4. The number of rotatable bonds is 9. The molecule has 0 unspecified atom stereocenters. The number of amides is 2. The van der Waals surface area contributed by atoms with Crippen molar-refractivity contribution in [3.05, 3.63) is 77.3 Å². The van der Waals surface area contributed by atoms with Crippen molar-refractivity contribution in [1.82, 2.24) is 14.5 Å². The number of hydrogen-bond acceptors (Lipinski definition) is 4. The first-order valence-corrected chi connectivity index (χ1v) is 13.7. The number of benzene rings is 2. The van der Waals surface area contributed by atoms with Crippen molar-refractivity contribution in [1.29, 1.82) is 0 Å². The molecule has 2 amide bonds. The van der Waals surface area contributed by atoms with Crippen LogP contribution in [0.25, 0.3) is 0 Å². The van der Waals surface area contributed by atoms with Crippen LogP contribution >= 0.6 is 11.6 Å². The monoisotopic (exact) mass is 575 g/mol. The van der Waals surface area contributed by atoms with Crippen LogP contribution in [0.15, 0.2) is 61.2 Å². The molecule has 11 heteroatoms. The van der Waals surface area contributed by atoms with Crippen molar-refractivity contribution >= 4 is 34.8 Å². The van der Waals surface area contributed by atoms with Gasteiger partial charge in [0.15, 0.2) is 0 Å². The average Bonchev–Trinajstić information content (AvgIpc) is 3.41. The maximum atomic E-state index is 13.2. The second-order valence-electron chi connectivity index (χ2n) is 10.5. The van der Waals surface area contributed by atoms with E-state index in [0.29, 0.717) is 42.5 Å². The third-order valence-corrected chi connectivity index (χ3v) is 7.10. The summed E-state index contributed by atoms with van der Waals surface area (Å²) in [7, 11) is 0. The Balaban J connectivity index is 1.46. The lowest BCUT2D eigenvalue weighted by molar-refractivity contribution is -0.140. The Labute approximate surface area is 236 Å². The van der Waals surface area contributed by atoms with Crippen molar-refractivity contribution in [3.8, 4) is 0 Å². The second-order valence-corrected chi connectivity index (χ2v) is 10.9. The zero-order chi connectivity index (χ0) is 28.9. The molecule has 0 bridgehead atoms. The van der Waals surface area contributed by atoms with Crippen molar-refractivity contribution in [2.45, 2.75) is 58.4 Å². The van der Waals surface area contributed by atoms with Gasteiger partial charge in [-0.15, -0.1) is 0 Å². The van der Waals surface area contributed by atoms with E-state index in [0.717, 1.165) is 30.5 Å². The maximum absolute atomic E-state index is 13.2. The summed E-state index contributed by atoms with van der Waals surface area (Å²) in [5, 5.41) is 3.32. The van der Waals surface area contributed by atoms with Gasteiger partial charge in [-0.3, -0.25) is 9.59 Å². The molecule has 0 spiro atoms. The van der Waals surface area contributed by atoms with Crippen molar-refractivity contribution in [2.75, 3.05) is 23.3 Å². The summed E-state index contributed by atoms with van der Waals surface area (Å²) in [6.45, 7) is 5.73. The van der Waals surface area contributed by atoms with Gasteiger partial charge in [0.1, 0.15) is 12.6 Å². The van der Waals surface area contributed by atoms with Crippen LogP contribution in [-0.2, 0) is 28.9 Å². The van der Waals surface area contributed by atoms with Gasteiger partial charge in [0, 0.05) is 37.7 Å². The molecule has 0 saturated carbocycles. The van der Waals surface area contributed by atoms with Crippen LogP contribution in [0.2, 0.25) is 5.02 Å². The van der Waals surface area contributed by atoms with Gasteiger partial charge in [0.25, 0.3) is 0 Å². The number of anilines is 2. The zero-order valence-electron chi connectivity index (χ0n) is 22.5. The average molecular weight is 576 g/mol. The molecule has 7 nitrogen and oxygen atoms in total. The highest BCUT2D eigenvalue weighted by molar-refractivity contribution is 6.33. The lowest BCUT2D eigenvalue weighted by Gasteiger charge is -2.35. The van der Waals surface area contributed by atoms with Crippen molar-refractivity contribution in [2.24, 2.45) is 5.92 Å². The summed E-state index contributed by atoms with van der Waals surface area (Å²) in [6, 6.07) is 9.74. The van der Waals surface area contributed by atoms with Gasteiger partial charge in [-0.2, -0.15) is 13.2 Å². The third-order valence-electron chi connectivity index (χ3n) is 6.80. The standard InChI is InChI=1S/C29H33ClF3N5O2/c1-20(2)16-37(17-21-6-8-22(9-7-21)29(31,32)33)25-11-10-23(15-24(25)30)35-28(40)26-5-3-4-13-38(26)27(39)18-36-14-12-34-19-36/h6-12,14-15,19-20,26H,3-5,13,16-18H2,1-2H3,(H,35,40)/t26-/m1/s1. The Hall–Kier alpha value is -3.53. The molecule has 40 heavy (non-hydrogen) atoms. The van der Waals surface area contributed by atoms with Crippen molar-refractivity contribution in [3.63, 3.8) is 0 Å². The fourth-order valence-corrected chi connectivity index (χ4v) is 5.21. The van der Waals surface area contributed by atoms with E-state index >= 15 is 0 Å². The number of hydrogen-bond donors (Lipinski definition) is 1. The van der Waals surface area contributed by atoms with Gasteiger partial charge in [-0.05, 0) is 61.1 Å². The van der Waals surface area contributed by atoms with Gasteiger partial charge in [0.2, 0.25) is 11.8 Å². The number of halogens is 4. The van der Waals surface area contributed by atoms with Gasteiger partial charge < -0.3 is 19.7 Å². The summed E-state index contributed by atoms with van der Waals surface area (Å²) in [5.74, 6) is -0.146. The zero-order valence-corrected chi connectivity index (χ0v) is 23.3. The molecule has 1 fully saturated rings. The van der Waals surface area contributed by atoms with Crippen LogP contribution in [-0.4, -0.2) is 45.4 Å². The van der Waals surface area contributed by atoms with Crippen LogP contribution in [0.5, 0.6) is 0 Å². The summed E-state index contributed by atoms with van der Waals surface area (Å²) in [4.78, 5) is 33.8. The number of imidazole rings is 1. The van der Waals surface area contributed by atoms with E-state index in [1.807, 2.05) is 18.7 Å². The van der Waals surface area contributed by atoms with Gasteiger partial charge in [-0.25, -0.2) is 4.98 Å². The normalized spacial score (nSPS) is 15.8. The Kier molecular flexibility index (Phi) is 9.40. The molecular weight excluding hydrogens is 543 g/mol. The first-order valence-electron chi connectivity index (χ1n) is 13.3. The van der Waals surface area contributed by atoms with E-state index in [2.05, 4.69) is 10.3 Å². The van der Waals surface area contributed by atoms with Crippen molar-refractivity contribution < 1.29 is 22.8 Å². The quantitative estimate of drug-likeness (QED) is 0.328. The predicted octanol–water partition coefficient (Wildman–Crippen LogP) is 6.24. The van der Waals surface area contributed by atoms with Crippen LogP contribution in [0.3, 0.4) is 0 Å². The van der Waals surface area contributed by atoms with Crippen LogP contribution < -0.4 is 10.2 Å². The molecule has 2 aromatic carbocycles. The van der Waals surface area contributed by atoms with E-state index < -0.39 is 17.8 Å². The first-order chi connectivity index (χ1) is 19.0. The largest absolute Gasteiger partial charge is 0.416 e.